The van der Waals surface area contributed by atoms with Gasteiger partial charge in [0.25, 0.3) is 0 Å². The van der Waals surface area contributed by atoms with E-state index in [0.29, 0.717) is 0 Å². The summed E-state index contributed by atoms with van der Waals surface area (Å²) in [4.78, 5) is 0. The van der Waals surface area contributed by atoms with Gasteiger partial charge in [-0.2, -0.15) is 0 Å². The molecule has 0 saturated carbocycles. The lowest BCUT2D eigenvalue weighted by Gasteiger charge is -2.19. The molecule has 2 rings (SSSR count). The molecule has 0 aromatic heterocycles. The number of aryl methyl sites for hydroxylation is 1. The highest BCUT2D eigenvalue weighted by molar-refractivity contribution is 5.73. The molecule has 1 aliphatic carbocycles. The maximum atomic E-state index is 2.24. The van der Waals surface area contributed by atoms with Gasteiger partial charge >= 0.3 is 0 Å². The van der Waals surface area contributed by atoms with Crippen molar-refractivity contribution in [3.05, 3.63) is 53.1 Å². The van der Waals surface area contributed by atoms with Gasteiger partial charge < -0.3 is 0 Å². The minimum Gasteiger partial charge on any atom is -0.0874 e. The number of hydrogen-bond acceptors (Lipinski definition) is 0. The van der Waals surface area contributed by atoms with Crippen molar-refractivity contribution in [2.75, 3.05) is 0 Å². The topological polar surface area (TPSA) is 0 Å². The third kappa shape index (κ3) is 2.63. The van der Waals surface area contributed by atoms with Gasteiger partial charge in [-0.05, 0) is 49.0 Å². The monoisotopic (exact) mass is 214 g/mol. The summed E-state index contributed by atoms with van der Waals surface area (Å²) >= 11 is 0. The summed E-state index contributed by atoms with van der Waals surface area (Å²) in [6.07, 6.45) is 6.75. The molecular formula is C16H22. The molecule has 1 aliphatic rings. The van der Waals surface area contributed by atoms with Gasteiger partial charge in [0.15, 0.2) is 0 Å². The van der Waals surface area contributed by atoms with Crippen molar-refractivity contribution in [2.45, 2.75) is 40.5 Å². The van der Waals surface area contributed by atoms with Gasteiger partial charge in [-0.25, -0.2) is 0 Å². The molecule has 0 bridgehead atoms. The number of fused-ring (bicyclic) bond motifs is 1. The molecule has 0 heterocycles. The Morgan fingerprint density at radius 3 is 2.44 bits per heavy atom. The standard InChI is InChI=1S/C14H16.C2H6/c1-3-6-12-9-10-13-7-4-5-8-14(13)11(12)2;1-2/h3-8H,9-10H2,1-2H3;1-2H3/b6-3+;. The van der Waals surface area contributed by atoms with Crippen LogP contribution < -0.4 is 0 Å². The smallest absolute Gasteiger partial charge is 0.0192 e. The Bertz CT molecular complexity index is 394. The first kappa shape index (κ1) is 12.8. The second kappa shape index (κ2) is 6.32. The second-order valence-electron chi connectivity index (χ2n) is 3.81. The average molecular weight is 214 g/mol. The largest absolute Gasteiger partial charge is 0.0874 e. The average Bonchev–Trinajstić information content (AvgIpc) is 2.36. The fourth-order valence-corrected chi connectivity index (χ4v) is 2.14. The molecule has 0 fully saturated rings. The van der Waals surface area contributed by atoms with E-state index in [1.54, 1.807) is 0 Å². The first-order chi connectivity index (χ1) is 7.83. The van der Waals surface area contributed by atoms with E-state index in [2.05, 4.69) is 50.3 Å². The molecule has 1 aromatic rings. The van der Waals surface area contributed by atoms with E-state index >= 15 is 0 Å². The van der Waals surface area contributed by atoms with Gasteiger partial charge in [0.2, 0.25) is 0 Å². The molecule has 0 nitrogen and oxygen atoms in total. The molecule has 0 heteroatoms. The van der Waals surface area contributed by atoms with E-state index in [1.165, 1.54) is 35.1 Å². The third-order valence-electron chi connectivity index (χ3n) is 2.93. The third-order valence-corrected chi connectivity index (χ3v) is 2.93. The summed E-state index contributed by atoms with van der Waals surface area (Å²) in [5.41, 5.74) is 5.88. The predicted molar refractivity (Wildman–Crippen MR) is 73.5 cm³/mol. The van der Waals surface area contributed by atoms with Crippen LogP contribution in [0.1, 0.15) is 45.2 Å². The second-order valence-corrected chi connectivity index (χ2v) is 3.81. The highest BCUT2D eigenvalue weighted by Crippen LogP contribution is 2.31. The van der Waals surface area contributed by atoms with Gasteiger partial charge in [0.1, 0.15) is 0 Å². The molecule has 0 saturated heterocycles. The minimum absolute atomic E-state index is 1.19. The van der Waals surface area contributed by atoms with E-state index in [0.717, 1.165) is 0 Å². The van der Waals surface area contributed by atoms with Crippen LogP contribution in [0.4, 0.5) is 0 Å². The van der Waals surface area contributed by atoms with E-state index in [-0.39, 0.29) is 0 Å². The molecule has 0 atom stereocenters. The van der Waals surface area contributed by atoms with Crippen LogP contribution >= 0.6 is 0 Å². The Kier molecular flexibility index (Phi) is 5.04. The van der Waals surface area contributed by atoms with E-state index in [9.17, 15) is 0 Å². The molecule has 0 amide bonds. The van der Waals surface area contributed by atoms with Crippen LogP contribution in [0.15, 0.2) is 42.0 Å². The van der Waals surface area contributed by atoms with Crippen molar-refractivity contribution in [1.29, 1.82) is 0 Å². The molecule has 1 aromatic carbocycles. The zero-order valence-corrected chi connectivity index (χ0v) is 10.9. The number of benzene rings is 1. The number of allylic oxidation sites excluding steroid dienone is 4. The minimum atomic E-state index is 1.19. The van der Waals surface area contributed by atoms with E-state index < -0.39 is 0 Å². The fourth-order valence-electron chi connectivity index (χ4n) is 2.14. The normalized spacial score (nSPS) is 14.5. The summed E-state index contributed by atoms with van der Waals surface area (Å²) in [7, 11) is 0. The van der Waals surface area contributed by atoms with Crippen molar-refractivity contribution < 1.29 is 0 Å². The molecule has 0 radical (unpaired) electrons. The van der Waals surface area contributed by atoms with Gasteiger partial charge in [0, 0.05) is 0 Å². The molecular weight excluding hydrogens is 192 g/mol. The van der Waals surface area contributed by atoms with E-state index in [1.807, 2.05) is 13.8 Å². The maximum Gasteiger partial charge on any atom is -0.0192 e. The molecule has 16 heavy (non-hydrogen) atoms. The van der Waals surface area contributed by atoms with Gasteiger partial charge in [-0.1, -0.05) is 50.3 Å². The van der Waals surface area contributed by atoms with Gasteiger partial charge in [0.05, 0.1) is 0 Å². The van der Waals surface area contributed by atoms with Crippen LogP contribution in [-0.2, 0) is 6.42 Å². The molecule has 0 unspecified atom stereocenters. The fraction of sp³-hybridized carbons (Fsp3) is 0.375. The SMILES string of the molecule is C/C=C/C1=C(C)c2ccccc2CC1.CC. The molecule has 86 valence electrons. The van der Waals surface area contributed by atoms with E-state index in [4.69, 9.17) is 0 Å². The number of hydrogen-bond donors (Lipinski definition) is 0. The highest BCUT2D eigenvalue weighted by Gasteiger charge is 2.12. The zero-order valence-electron chi connectivity index (χ0n) is 10.9. The van der Waals surface area contributed by atoms with Crippen molar-refractivity contribution in [1.82, 2.24) is 0 Å². The van der Waals surface area contributed by atoms with Crippen LogP contribution in [0, 0.1) is 0 Å². The Hall–Kier alpha value is -1.30. The lowest BCUT2D eigenvalue weighted by Crippen LogP contribution is -2.01. The van der Waals surface area contributed by atoms with Crippen molar-refractivity contribution >= 4 is 5.57 Å². The van der Waals surface area contributed by atoms with Crippen LogP contribution in [0.5, 0.6) is 0 Å². The van der Waals surface area contributed by atoms with Crippen LogP contribution in [-0.4, -0.2) is 0 Å². The van der Waals surface area contributed by atoms with Gasteiger partial charge in [-0.15, -0.1) is 0 Å². The van der Waals surface area contributed by atoms with Crippen LogP contribution in [0.3, 0.4) is 0 Å². The maximum absolute atomic E-state index is 2.24. The quantitative estimate of drug-likeness (QED) is 0.616. The first-order valence-corrected chi connectivity index (χ1v) is 6.23. The summed E-state index contributed by atoms with van der Waals surface area (Å²) in [5.74, 6) is 0. The molecule has 0 aliphatic heterocycles. The van der Waals surface area contributed by atoms with Crippen molar-refractivity contribution in [3.8, 4) is 0 Å². The van der Waals surface area contributed by atoms with Gasteiger partial charge in [-0.3, -0.25) is 0 Å². The summed E-state index contributed by atoms with van der Waals surface area (Å²) in [6.45, 7) is 8.31. The zero-order chi connectivity index (χ0) is 12.0. The number of rotatable bonds is 1. The lowest BCUT2D eigenvalue weighted by molar-refractivity contribution is 0.938. The summed E-state index contributed by atoms with van der Waals surface area (Å²) in [5, 5.41) is 0. The first-order valence-electron chi connectivity index (χ1n) is 6.23. The van der Waals surface area contributed by atoms with Crippen molar-refractivity contribution in [3.63, 3.8) is 0 Å². The Morgan fingerprint density at radius 1 is 1.06 bits per heavy atom. The van der Waals surface area contributed by atoms with Crippen LogP contribution in [0.2, 0.25) is 0 Å². The van der Waals surface area contributed by atoms with Crippen molar-refractivity contribution in [2.24, 2.45) is 0 Å². The lowest BCUT2D eigenvalue weighted by atomic mass is 9.86. The highest BCUT2D eigenvalue weighted by atomic mass is 14.2. The predicted octanol–water partition coefficient (Wildman–Crippen LogP) is 5.01. The Morgan fingerprint density at radius 2 is 1.75 bits per heavy atom. The Labute approximate surface area is 99.7 Å². The Balaban J connectivity index is 0.000000606. The summed E-state index contributed by atoms with van der Waals surface area (Å²) in [6, 6.07) is 8.73. The van der Waals surface area contributed by atoms with Crippen LogP contribution in [0.25, 0.3) is 5.57 Å². The molecule has 0 spiro atoms. The summed E-state index contributed by atoms with van der Waals surface area (Å²) < 4.78 is 0. The molecule has 0 N–H and O–H groups in total.